The monoisotopic (exact) mass is 347 g/mol. The van der Waals surface area contributed by atoms with E-state index in [1.54, 1.807) is 0 Å². The third-order valence-corrected chi connectivity index (χ3v) is 3.09. The molecular formula is C12H11ClINO. The topological polar surface area (TPSA) is 25.2 Å². The van der Waals surface area contributed by atoms with Crippen LogP contribution in [-0.4, -0.2) is 0 Å². The van der Waals surface area contributed by atoms with Crippen molar-refractivity contribution in [3.8, 4) is 0 Å². The Morgan fingerprint density at radius 3 is 2.75 bits per heavy atom. The molecular weight excluding hydrogens is 336 g/mol. The quantitative estimate of drug-likeness (QED) is 0.829. The number of aryl methyl sites for hydroxylation is 1. The predicted molar refractivity (Wildman–Crippen MR) is 74.9 cm³/mol. The smallest absolute Gasteiger partial charge is 0.164 e. The van der Waals surface area contributed by atoms with Gasteiger partial charge >= 0.3 is 0 Å². The maximum absolute atomic E-state index is 5.89. The first-order chi connectivity index (χ1) is 7.65. The Bertz CT molecular complexity index is 496. The zero-order chi connectivity index (χ0) is 11.5. The molecule has 1 N–H and O–H groups in total. The molecule has 2 rings (SSSR count). The van der Waals surface area contributed by atoms with Crippen LogP contribution >= 0.6 is 34.2 Å². The largest absolute Gasteiger partial charge is 0.454 e. The van der Waals surface area contributed by atoms with Gasteiger partial charge in [-0.05, 0) is 65.4 Å². The Labute approximate surface area is 113 Å². The summed E-state index contributed by atoms with van der Waals surface area (Å²) in [4.78, 5) is 0. The van der Waals surface area contributed by atoms with Gasteiger partial charge in [-0.2, -0.15) is 0 Å². The van der Waals surface area contributed by atoms with Crippen molar-refractivity contribution in [2.75, 3.05) is 5.32 Å². The Hall–Kier alpha value is -0.680. The molecule has 1 heterocycles. The second-order valence-electron chi connectivity index (χ2n) is 3.52. The fourth-order valence-electron chi connectivity index (χ4n) is 1.45. The summed E-state index contributed by atoms with van der Waals surface area (Å²) in [5, 5.41) is 4.07. The highest BCUT2D eigenvalue weighted by Gasteiger charge is 2.01. The Morgan fingerprint density at radius 1 is 1.31 bits per heavy atom. The standard InChI is InChI=1S/C12H11ClINO/c1-8-6-9(13)2-4-11(8)15-7-10-3-5-12(14)16-10/h2-6,15H,7H2,1H3. The highest BCUT2D eigenvalue weighted by atomic mass is 127. The van der Waals surface area contributed by atoms with Gasteiger partial charge < -0.3 is 9.73 Å². The summed E-state index contributed by atoms with van der Waals surface area (Å²) in [6.45, 7) is 2.71. The van der Waals surface area contributed by atoms with Gasteiger partial charge in [-0.15, -0.1) is 0 Å². The van der Waals surface area contributed by atoms with E-state index >= 15 is 0 Å². The van der Waals surface area contributed by atoms with Gasteiger partial charge in [-0.1, -0.05) is 11.6 Å². The van der Waals surface area contributed by atoms with Crippen LogP contribution in [0.3, 0.4) is 0 Å². The SMILES string of the molecule is Cc1cc(Cl)ccc1NCc1ccc(I)o1. The van der Waals surface area contributed by atoms with E-state index in [2.05, 4.69) is 27.9 Å². The fourth-order valence-corrected chi connectivity index (χ4v) is 2.14. The minimum atomic E-state index is 0.686. The summed E-state index contributed by atoms with van der Waals surface area (Å²) < 4.78 is 6.37. The van der Waals surface area contributed by atoms with Crippen LogP contribution in [0.25, 0.3) is 0 Å². The number of hydrogen-bond acceptors (Lipinski definition) is 2. The number of benzene rings is 1. The molecule has 0 saturated heterocycles. The minimum absolute atomic E-state index is 0.686. The van der Waals surface area contributed by atoms with Crippen LogP contribution in [0.1, 0.15) is 11.3 Å². The van der Waals surface area contributed by atoms with E-state index in [0.717, 1.165) is 25.8 Å². The molecule has 0 bridgehead atoms. The number of rotatable bonds is 3. The molecule has 2 aromatic rings. The lowest BCUT2D eigenvalue weighted by atomic mass is 10.2. The average Bonchev–Trinajstić information content (AvgIpc) is 2.63. The Balaban J connectivity index is 2.04. The maximum Gasteiger partial charge on any atom is 0.164 e. The molecule has 2 nitrogen and oxygen atoms in total. The van der Waals surface area contributed by atoms with E-state index in [0.29, 0.717) is 6.54 Å². The van der Waals surface area contributed by atoms with E-state index in [1.165, 1.54) is 0 Å². The first-order valence-corrected chi connectivity index (χ1v) is 6.35. The van der Waals surface area contributed by atoms with Crippen LogP contribution in [0.4, 0.5) is 5.69 Å². The molecule has 1 aromatic heterocycles. The molecule has 0 spiro atoms. The summed E-state index contributed by atoms with van der Waals surface area (Å²) in [6, 6.07) is 9.72. The Kier molecular flexibility index (Phi) is 3.76. The molecule has 0 aliphatic carbocycles. The van der Waals surface area contributed by atoms with Crippen molar-refractivity contribution in [3.05, 3.63) is 50.4 Å². The van der Waals surface area contributed by atoms with Crippen molar-refractivity contribution in [1.29, 1.82) is 0 Å². The predicted octanol–water partition coefficient (Wildman–Crippen LogP) is 4.46. The lowest BCUT2D eigenvalue weighted by Crippen LogP contribution is -1.99. The minimum Gasteiger partial charge on any atom is -0.454 e. The maximum atomic E-state index is 5.89. The molecule has 0 atom stereocenters. The fraction of sp³-hybridized carbons (Fsp3) is 0.167. The van der Waals surface area contributed by atoms with Gasteiger partial charge in [0.25, 0.3) is 0 Å². The molecule has 4 heteroatoms. The number of halogens is 2. The second-order valence-corrected chi connectivity index (χ2v) is 5.02. The summed E-state index contributed by atoms with van der Waals surface area (Å²) in [7, 11) is 0. The normalized spacial score (nSPS) is 10.4. The van der Waals surface area contributed by atoms with Crippen LogP contribution in [-0.2, 0) is 6.54 Å². The molecule has 0 aliphatic rings. The highest BCUT2D eigenvalue weighted by molar-refractivity contribution is 14.1. The number of hydrogen-bond donors (Lipinski definition) is 1. The van der Waals surface area contributed by atoms with Crippen LogP contribution in [0.2, 0.25) is 5.02 Å². The van der Waals surface area contributed by atoms with Crippen LogP contribution in [0, 0.1) is 10.7 Å². The molecule has 0 amide bonds. The van der Waals surface area contributed by atoms with Gasteiger partial charge in [0, 0.05) is 10.7 Å². The van der Waals surface area contributed by atoms with E-state index < -0.39 is 0 Å². The lowest BCUT2D eigenvalue weighted by Gasteiger charge is -2.08. The van der Waals surface area contributed by atoms with E-state index in [4.69, 9.17) is 16.0 Å². The molecule has 0 aliphatic heterocycles. The zero-order valence-corrected chi connectivity index (χ0v) is 11.7. The van der Waals surface area contributed by atoms with E-state index in [-0.39, 0.29) is 0 Å². The van der Waals surface area contributed by atoms with Crippen molar-refractivity contribution >= 4 is 39.9 Å². The first-order valence-electron chi connectivity index (χ1n) is 4.89. The van der Waals surface area contributed by atoms with Crippen LogP contribution in [0.5, 0.6) is 0 Å². The average molecular weight is 348 g/mol. The third-order valence-electron chi connectivity index (χ3n) is 2.27. The van der Waals surface area contributed by atoms with Crippen LogP contribution < -0.4 is 5.32 Å². The Morgan fingerprint density at radius 2 is 2.12 bits per heavy atom. The molecule has 0 fully saturated rings. The van der Waals surface area contributed by atoms with Gasteiger partial charge in [-0.25, -0.2) is 0 Å². The molecule has 16 heavy (non-hydrogen) atoms. The van der Waals surface area contributed by atoms with E-state index in [9.17, 15) is 0 Å². The van der Waals surface area contributed by atoms with Gasteiger partial charge in [0.15, 0.2) is 3.77 Å². The van der Waals surface area contributed by atoms with Crippen molar-refractivity contribution in [3.63, 3.8) is 0 Å². The molecule has 0 unspecified atom stereocenters. The molecule has 0 radical (unpaired) electrons. The highest BCUT2D eigenvalue weighted by Crippen LogP contribution is 2.20. The van der Waals surface area contributed by atoms with Gasteiger partial charge in [0.2, 0.25) is 0 Å². The van der Waals surface area contributed by atoms with Crippen molar-refractivity contribution < 1.29 is 4.42 Å². The van der Waals surface area contributed by atoms with E-state index in [1.807, 2.05) is 37.3 Å². The summed E-state index contributed by atoms with van der Waals surface area (Å²) in [6.07, 6.45) is 0. The number of anilines is 1. The summed E-state index contributed by atoms with van der Waals surface area (Å²) in [5.74, 6) is 0.929. The molecule has 1 aromatic carbocycles. The van der Waals surface area contributed by atoms with Crippen molar-refractivity contribution in [2.24, 2.45) is 0 Å². The van der Waals surface area contributed by atoms with Crippen molar-refractivity contribution in [1.82, 2.24) is 0 Å². The van der Waals surface area contributed by atoms with Gasteiger partial charge in [0.05, 0.1) is 6.54 Å². The van der Waals surface area contributed by atoms with Crippen LogP contribution in [0.15, 0.2) is 34.7 Å². The second kappa shape index (κ2) is 5.10. The third kappa shape index (κ3) is 2.92. The summed E-state index contributed by atoms with van der Waals surface area (Å²) in [5.41, 5.74) is 2.21. The summed E-state index contributed by atoms with van der Waals surface area (Å²) >= 11 is 8.04. The van der Waals surface area contributed by atoms with Gasteiger partial charge in [-0.3, -0.25) is 0 Å². The van der Waals surface area contributed by atoms with Crippen molar-refractivity contribution in [2.45, 2.75) is 13.5 Å². The first kappa shape index (κ1) is 11.8. The number of nitrogens with one attached hydrogen (secondary N) is 1. The lowest BCUT2D eigenvalue weighted by molar-refractivity contribution is 0.493. The zero-order valence-electron chi connectivity index (χ0n) is 8.76. The number of furan rings is 1. The molecule has 0 saturated carbocycles. The van der Waals surface area contributed by atoms with Gasteiger partial charge in [0.1, 0.15) is 5.76 Å². The molecule has 84 valence electrons.